The quantitative estimate of drug-likeness (QED) is 0.448. The van der Waals surface area contributed by atoms with Gasteiger partial charge in [-0.1, -0.05) is 0 Å². The molecule has 0 aliphatic rings. The Morgan fingerprint density at radius 2 is 1.88 bits per heavy atom. The monoisotopic (exact) mass is 234 g/mol. The summed E-state index contributed by atoms with van der Waals surface area (Å²) in [5.74, 6) is -2.14. The molecule has 0 unspecified atom stereocenters. The van der Waals surface area contributed by atoms with Crippen molar-refractivity contribution in [2.24, 2.45) is 0 Å². The number of carbonyl (C=O) groups is 2. The maximum absolute atomic E-state index is 13.2. The minimum atomic E-state index is -4.76. The molecule has 0 fully saturated rings. The molecule has 1 aromatic rings. The molecule has 0 N–H and O–H groups in total. The van der Waals surface area contributed by atoms with Gasteiger partial charge in [0.15, 0.2) is 12.1 Å². The van der Waals surface area contributed by atoms with Crippen molar-refractivity contribution in [1.82, 2.24) is 0 Å². The molecule has 0 amide bonds. The summed E-state index contributed by atoms with van der Waals surface area (Å²) in [4.78, 5) is 21.4. The van der Waals surface area contributed by atoms with Crippen LogP contribution in [-0.4, -0.2) is 12.1 Å². The van der Waals surface area contributed by atoms with Gasteiger partial charge in [0.2, 0.25) is 0 Å². The minimum Gasteiger partial charge on any atom is -0.298 e. The van der Waals surface area contributed by atoms with Crippen LogP contribution >= 0.6 is 0 Å². The van der Waals surface area contributed by atoms with Gasteiger partial charge in [-0.05, 0) is 19.1 Å². The van der Waals surface area contributed by atoms with Crippen molar-refractivity contribution >= 4 is 12.1 Å². The van der Waals surface area contributed by atoms with E-state index in [-0.39, 0.29) is 12.4 Å². The molecule has 86 valence electrons. The SMILES string of the molecule is CC(=O)c1c(F)cc(C(F)(F)F)cc1C=O. The van der Waals surface area contributed by atoms with Crippen molar-refractivity contribution in [3.05, 3.63) is 34.6 Å². The van der Waals surface area contributed by atoms with E-state index in [9.17, 15) is 27.2 Å². The molecule has 0 radical (unpaired) electrons. The highest BCUT2D eigenvalue weighted by Crippen LogP contribution is 2.31. The minimum absolute atomic E-state index is 0.0229. The second kappa shape index (κ2) is 4.03. The number of Topliss-reactive ketones (excluding diaryl/α,β-unsaturated/α-hetero) is 1. The van der Waals surface area contributed by atoms with E-state index in [1.165, 1.54) is 0 Å². The van der Waals surface area contributed by atoms with Crippen LogP contribution in [0.2, 0.25) is 0 Å². The average molecular weight is 234 g/mol. The summed E-state index contributed by atoms with van der Waals surface area (Å²) in [5, 5.41) is 0. The van der Waals surface area contributed by atoms with E-state index in [0.29, 0.717) is 6.07 Å². The van der Waals surface area contributed by atoms with Crippen LogP contribution in [0.1, 0.15) is 33.2 Å². The first-order valence-corrected chi connectivity index (χ1v) is 4.14. The summed E-state index contributed by atoms with van der Waals surface area (Å²) in [6.07, 6.45) is -4.73. The normalized spacial score (nSPS) is 11.3. The predicted molar refractivity (Wildman–Crippen MR) is 46.8 cm³/mol. The average Bonchev–Trinajstić information content (AvgIpc) is 2.14. The van der Waals surface area contributed by atoms with Crippen LogP contribution in [0.25, 0.3) is 0 Å². The van der Waals surface area contributed by atoms with E-state index in [1.807, 2.05) is 0 Å². The third-order valence-electron chi connectivity index (χ3n) is 1.93. The first-order valence-electron chi connectivity index (χ1n) is 4.14. The van der Waals surface area contributed by atoms with Crippen LogP contribution in [0, 0.1) is 5.82 Å². The molecule has 0 spiro atoms. The van der Waals surface area contributed by atoms with Gasteiger partial charge in [0, 0.05) is 5.56 Å². The summed E-state index contributed by atoms with van der Waals surface area (Å²) in [5.41, 5.74) is -2.51. The molecular weight excluding hydrogens is 228 g/mol. The smallest absolute Gasteiger partial charge is 0.298 e. The molecule has 0 heterocycles. The van der Waals surface area contributed by atoms with Crippen molar-refractivity contribution < 1.29 is 27.2 Å². The third kappa shape index (κ3) is 2.26. The van der Waals surface area contributed by atoms with Crippen molar-refractivity contribution in [1.29, 1.82) is 0 Å². The molecule has 6 heteroatoms. The Morgan fingerprint density at radius 3 is 2.25 bits per heavy atom. The van der Waals surface area contributed by atoms with Crippen LogP contribution < -0.4 is 0 Å². The first kappa shape index (κ1) is 12.4. The number of hydrogen-bond acceptors (Lipinski definition) is 2. The zero-order chi connectivity index (χ0) is 12.5. The van der Waals surface area contributed by atoms with Crippen LogP contribution in [0.15, 0.2) is 12.1 Å². The summed E-state index contributed by atoms with van der Waals surface area (Å²) in [6, 6.07) is 0.649. The third-order valence-corrected chi connectivity index (χ3v) is 1.93. The summed E-state index contributed by atoms with van der Waals surface area (Å²) < 4.78 is 49.9. The van der Waals surface area contributed by atoms with Gasteiger partial charge in [-0.3, -0.25) is 9.59 Å². The number of benzene rings is 1. The van der Waals surface area contributed by atoms with Crippen molar-refractivity contribution in [3.8, 4) is 0 Å². The lowest BCUT2D eigenvalue weighted by Gasteiger charge is -2.09. The van der Waals surface area contributed by atoms with Crippen molar-refractivity contribution in [2.45, 2.75) is 13.1 Å². The molecular formula is C10H6F4O2. The Kier molecular flexibility index (Phi) is 3.11. The Bertz CT molecular complexity index is 449. The first-order chi connectivity index (χ1) is 7.27. The lowest BCUT2D eigenvalue weighted by Crippen LogP contribution is -2.10. The van der Waals surface area contributed by atoms with E-state index in [1.54, 1.807) is 0 Å². The Morgan fingerprint density at radius 1 is 1.31 bits per heavy atom. The largest absolute Gasteiger partial charge is 0.416 e. The highest BCUT2D eigenvalue weighted by Gasteiger charge is 2.32. The number of rotatable bonds is 2. The van der Waals surface area contributed by atoms with Crippen LogP contribution in [0.4, 0.5) is 17.6 Å². The van der Waals surface area contributed by atoms with Crippen LogP contribution in [0.5, 0.6) is 0 Å². The molecule has 0 saturated carbocycles. The number of alkyl halides is 3. The summed E-state index contributed by atoms with van der Waals surface area (Å²) in [7, 11) is 0. The fourth-order valence-corrected chi connectivity index (χ4v) is 1.26. The highest BCUT2D eigenvalue weighted by atomic mass is 19.4. The molecule has 1 rings (SSSR count). The van der Waals surface area contributed by atoms with E-state index in [4.69, 9.17) is 0 Å². The van der Waals surface area contributed by atoms with E-state index in [2.05, 4.69) is 0 Å². The zero-order valence-electron chi connectivity index (χ0n) is 8.06. The van der Waals surface area contributed by atoms with Gasteiger partial charge in [-0.2, -0.15) is 13.2 Å². The second-order valence-electron chi connectivity index (χ2n) is 3.09. The molecule has 2 nitrogen and oxygen atoms in total. The molecule has 0 atom stereocenters. The Labute approximate surface area is 87.9 Å². The fourth-order valence-electron chi connectivity index (χ4n) is 1.26. The lowest BCUT2D eigenvalue weighted by molar-refractivity contribution is -0.137. The van der Waals surface area contributed by atoms with Crippen LogP contribution in [0.3, 0.4) is 0 Å². The second-order valence-corrected chi connectivity index (χ2v) is 3.09. The number of halogens is 4. The van der Waals surface area contributed by atoms with Gasteiger partial charge in [-0.15, -0.1) is 0 Å². The summed E-state index contributed by atoms with van der Waals surface area (Å²) >= 11 is 0. The lowest BCUT2D eigenvalue weighted by atomic mass is 10.0. The van der Waals surface area contributed by atoms with E-state index < -0.39 is 34.5 Å². The number of aldehydes is 1. The van der Waals surface area contributed by atoms with Crippen molar-refractivity contribution in [2.75, 3.05) is 0 Å². The zero-order valence-corrected chi connectivity index (χ0v) is 8.06. The molecule has 0 aromatic heterocycles. The van der Waals surface area contributed by atoms with Gasteiger partial charge >= 0.3 is 6.18 Å². The molecule has 0 aliphatic carbocycles. The topological polar surface area (TPSA) is 34.1 Å². The number of ketones is 1. The van der Waals surface area contributed by atoms with Gasteiger partial charge in [0.25, 0.3) is 0 Å². The molecule has 0 saturated heterocycles. The Balaban J connectivity index is 3.50. The molecule has 0 aliphatic heterocycles. The fraction of sp³-hybridized carbons (Fsp3) is 0.200. The van der Waals surface area contributed by atoms with E-state index in [0.717, 1.165) is 6.92 Å². The van der Waals surface area contributed by atoms with Crippen LogP contribution in [-0.2, 0) is 6.18 Å². The van der Waals surface area contributed by atoms with Crippen molar-refractivity contribution in [3.63, 3.8) is 0 Å². The standard InChI is InChI=1S/C10H6F4O2/c1-5(16)9-6(4-15)2-7(3-8(9)11)10(12,13)14/h2-4H,1H3. The van der Waals surface area contributed by atoms with E-state index >= 15 is 0 Å². The summed E-state index contributed by atoms with van der Waals surface area (Å²) in [6.45, 7) is 0.971. The number of carbonyl (C=O) groups excluding carboxylic acids is 2. The Hall–Kier alpha value is -1.72. The number of hydrogen-bond donors (Lipinski definition) is 0. The van der Waals surface area contributed by atoms with Gasteiger partial charge in [-0.25, -0.2) is 4.39 Å². The maximum Gasteiger partial charge on any atom is 0.416 e. The van der Waals surface area contributed by atoms with Gasteiger partial charge in [0.1, 0.15) is 5.82 Å². The maximum atomic E-state index is 13.2. The molecule has 1 aromatic carbocycles. The molecule has 0 bridgehead atoms. The molecule has 16 heavy (non-hydrogen) atoms. The predicted octanol–water partition coefficient (Wildman–Crippen LogP) is 2.86. The van der Waals surface area contributed by atoms with Gasteiger partial charge in [0.05, 0.1) is 11.1 Å². The highest BCUT2D eigenvalue weighted by molar-refractivity contribution is 6.01. The van der Waals surface area contributed by atoms with Gasteiger partial charge < -0.3 is 0 Å².